The first-order valence-corrected chi connectivity index (χ1v) is 9.09. The molecule has 0 bridgehead atoms. The van der Waals surface area contributed by atoms with Crippen LogP contribution < -0.4 is 0 Å². The predicted octanol–water partition coefficient (Wildman–Crippen LogP) is 3.83. The van der Waals surface area contributed by atoms with E-state index in [4.69, 9.17) is 0 Å². The van der Waals surface area contributed by atoms with Gasteiger partial charge in [-0.1, -0.05) is 12.7 Å². The SMILES string of the molecule is C=Cc1ccsc1.O=S=CS(=O)C=Cc1ccsc1. The monoisotopic (exact) mass is 328 g/mol. The van der Waals surface area contributed by atoms with E-state index in [9.17, 15) is 8.42 Å². The van der Waals surface area contributed by atoms with Gasteiger partial charge in [0, 0.05) is 5.41 Å². The van der Waals surface area contributed by atoms with Gasteiger partial charge in [-0.25, -0.2) is 8.42 Å². The quantitative estimate of drug-likeness (QED) is 0.799. The fraction of sp³-hybridized carbons (Fsp3) is 0. The highest BCUT2D eigenvalue weighted by Gasteiger charge is 1.87. The van der Waals surface area contributed by atoms with E-state index in [1.54, 1.807) is 28.7 Å². The molecular formula is C13H12O2S4. The summed E-state index contributed by atoms with van der Waals surface area (Å²) in [5, 5.41) is 9.48. The molecule has 0 saturated carbocycles. The molecule has 2 aromatic heterocycles. The van der Waals surface area contributed by atoms with Crippen LogP contribution in [0.4, 0.5) is 0 Å². The Bertz CT molecular complexity index is 576. The number of thiophene rings is 2. The van der Waals surface area contributed by atoms with E-state index in [1.165, 1.54) is 11.0 Å². The van der Waals surface area contributed by atoms with Crippen molar-refractivity contribution in [2.24, 2.45) is 0 Å². The molecule has 1 unspecified atom stereocenters. The molecule has 0 radical (unpaired) electrons. The van der Waals surface area contributed by atoms with Crippen molar-refractivity contribution in [1.29, 1.82) is 0 Å². The third-order valence-electron chi connectivity index (χ3n) is 1.85. The van der Waals surface area contributed by atoms with Crippen molar-refractivity contribution in [2.75, 3.05) is 0 Å². The van der Waals surface area contributed by atoms with Crippen molar-refractivity contribution < 1.29 is 8.42 Å². The molecule has 0 amide bonds. The second-order valence-electron chi connectivity index (χ2n) is 3.14. The van der Waals surface area contributed by atoms with Crippen molar-refractivity contribution in [2.45, 2.75) is 0 Å². The standard InChI is InChI=1S/C7H6O2S3.C6H6S/c8-11-6-12(9)4-2-7-1-3-10-5-7;1-2-6-3-4-7-5-6/h1-6H;2-5H,1H2. The molecule has 0 aliphatic heterocycles. The zero-order chi connectivity index (χ0) is 13.9. The smallest absolute Gasteiger partial charge is 0.100 e. The van der Waals surface area contributed by atoms with Crippen LogP contribution in [0.15, 0.2) is 45.6 Å². The molecule has 0 aliphatic rings. The lowest BCUT2D eigenvalue weighted by Gasteiger charge is -1.80. The fourth-order valence-electron chi connectivity index (χ4n) is 0.977. The van der Waals surface area contributed by atoms with Gasteiger partial charge in [-0.05, 0) is 50.9 Å². The molecule has 1 atom stereocenters. The summed E-state index contributed by atoms with van der Waals surface area (Å²) in [7, 11) is -1.26. The van der Waals surface area contributed by atoms with E-state index in [2.05, 4.69) is 12.0 Å². The summed E-state index contributed by atoms with van der Waals surface area (Å²) < 4.78 is 22.0. The summed E-state index contributed by atoms with van der Waals surface area (Å²) in [6.07, 6.45) is 3.58. The second kappa shape index (κ2) is 9.80. The summed E-state index contributed by atoms with van der Waals surface area (Å²) >= 11 is 3.49. The molecule has 0 fully saturated rings. The maximum absolute atomic E-state index is 10.9. The molecule has 0 spiro atoms. The largest absolute Gasteiger partial charge is 0.249 e. The van der Waals surface area contributed by atoms with Crippen molar-refractivity contribution in [1.82, 2.24) is 0 Å². The topological polar surface area (TPSA) is 34.1 Å². The first-order valence-electron chi connectivity index (χ1n) is 5.12. The Morgan fingerprint density at radius 1 is 1.16 bits per heavy atom. The molecule has 2 aromatic rings. The summed E-state index contributed by atoms with van der Waals surface area (Å²) in [6.45, 7) is 3.61. The third kappa shape index (κ3) is 7.17. The van der Waals surface area contributed by atoms with Gasteiger partial charge >= 0.3 is 0 Å². The molecule has 100 valence electrons. The Morgan fingerprint density at radius 2 is 1.79 bits per heavy atom. The molecule has 0 N–H and O–H groups in total. The van der Waals surface area contributed by atoms with Gasteiger partial charge in [-0.2, -0.15) is 22.7 Å². The minimum Gasteiger partial charge on any atom is -0.249 e. The molecule has 2 nitrogen and oxygen atoms in total. The first kappa shape index (κ1) is 16.0. The summed E-state index contributed by atoms with van der Waals surface area (Å²) in [5.74, 6) is 0. The molecule has 6 heteroatoms. The van der Waals surface area contributed by atoms with Crippen LogP contribution >= 0.6 is 22.7 Å². The first-order chi connectivity index (χ1) is 9.26. The zero-order valence-corrected chi connectivity index (χ0v) is 13.2. The Morgan fingerprint density at radius 3 is 2.21 bits per heavy atom. The van der Waals surface area contributed by atoms with Crippen LogP contribution in [0.3, 0.4) is 0 Å². The van der Waals surface area contributed by atoms with Crippen LogP contribution in [0, 0.1) is 0 Å². The van der Waals surface area contributed by atoms with Crippen molar-refractivity contribution >= 4 is 61.6 Å². The average molecular weight is 329 g/mol. The van der Waals surface area contributed by atoms with Gasteiger partial charge in [0.1, 0.15) is 4.70 Å². The number of rotatable bonds is 4. The summed E-state index contributed by atoms with van der Waals surface area (Å²) in [6, 6.07) is 3.96. The lowest BCUT2D eigenvalue weighted by molar-refractivity contribution is 0.695. The maximum atomic E-state index is 10.9. The Balaban J connectivity index is 0.000000218. The fourth-order valence-corrected chi connectivity index (χ4v) is 3.11. The molecule has 2 heterocycles. The van der Waals surface area contributed by atoms with E-state index in [0.717, 1.165) is 10.3 Å². The third-order valence-corrected chi connectivity index (χ3v) is 4.73. The minimum atomic E-state index is -1.26. The van der Waals surface area contributed by atoms with Gasteiger partial charge in [0.15, 0.2) is 0 Å². The Kier molecular flexibility index (Phi) is 8.24. The number of hydrogen-bond acceptors (Lipinski definition) is 4. The molecule has 19 heavy (non-hydrogen) atoms. The zero-order valence-electron chi connectivity index (χ0n) is 9.93. The molecule has 2 rings (SSSR count). The van der Waals surface area contributed by atoms with E-state index < -0.39 is 10.8 Å². The highest BCUT2D eigenvalue weighted by molar-refractivity contribution is 8.09. The molecule has 0 aliphatic carbocycles. The van der Waals surface area contributed by atoms with Gasteiger partial charge in [-0.15, -0.1) is 0 Å². The van der Waals surface area contributed by atoms with E-state index in [0.29, 0.717) is 0 Å². The minimum absolute atomic E-state index is 0.223. The summed E-state index contributed by atoms with van der Waals surface area (Å²) in [5.41, 5.74) is 2.22. The normalized spacial score (nSPS) is 11.4. The van der Waals surface area contributed by atoms with Crippen LogP contribution in [-0.2, 0) is 22.1 Å². The molecule has 0 aromatic carbocycles. The maximum Gasteiger partial charge on any atom is 0.100 e. The lowest BCUT2D eigenvalue weighted by Crippen LogP contribution is -1.81. The van der Waals surface area contributed by atoms with Crippen LogP contribution in [0.1, 0.15) is 11.1 Å². The Labute approximate surface area is 126 Å². The van der Waals surface area contributed by atoms with E-state index in [-0.39, 0.29) is 11.3 Å². The predicted molar refractivity (Wildman–Crippen MR) is 90.1 cm³/mol. The van der Waals surface area contributed by atoms with Crippen molar-refractivity contribution in [3.8, 4) is 0 Å². The van der Waals surface area contributed by atoms with Gasteiger partial charge in [0.2, 0.25) is 0 Å². The second-order valence-corrected chi connectivity index (χ2v) is 6.59. The van der Waals surface area contributed by atoms with Crippen LogP contribution in [0.25, 0.3) is 12.2 Å². The van der Waals surface area contributed by atoms with Gasteiger partial charge < -0.3 is 0 Å². The Hall–Kier alpha value is -1.08. The van der Waals surface area contributed by atoms with Crippen molar-refractivity contribution in [3.63, 3.8) is 0 Å². The van der Waals surface area contributed by atoms with Crippen LogP contribution in [0.2, 0.25) is 0 Å². The van der Waals surface area contributed by atoms with E-state index >= 15 is 0 Å². The van der Waals surface area contributed by atoms with Crippen LogP contribution in [0.5, 0.6) is 0 Å². The van der Waals surface area contributed by atoms with Crippen LogP contribution in [-0.4, -0.2) is 13.1 Å². The number of hydrogen-bond donors (Lipinski definition) is 0. The highest BCUT2D eigenvalue weighted by atomic mass is 32.2. The van der Waals surface area contributed by atoms with E-state index in [1.807, 2.05) is 34.3 Å². The van der Waals surface area contributed by atoms with Gasteiger partial charge in [0.05, 0.1) is 22.1 Å². The molecule has 0 saturated heterocycles. The van der Waals surface area contributed by atoms with Gasteiger partial charge in [0.25, 0.3) is 0 Å². The van der Waals surface area contributed by atoms with Crippen molar-refractivity contribution in [3.05, 3.63) is 56.8 Å². The average Bonchev–Trinajstić information content (AvgIpc) is 3.10. The highest BCUT2D eigenvalue weighted by Crippen LogP contribution is 2.07. The lowest BCUT2D eigenvalue weighted by atomic mass is 10.3. The van der Waals surface area contributed by atoms with Gasteiger partial charge in [-0.3, -0.25) is 0 Å². The molecular weight excluding hydrogens is 316 g/mol. The summed E-state index contributed by atoms with van der Waals surface area (Å²) in [4.78, 5) is 0.